The number of piperidine rings is 1. The predicted octanol–water partition coefficient (Wildman–Crippen LogP) is 2.51. The maximum atomic E-state index is 12.7. The normalized spacial score (nSPS) is 18.9. The Morgan fingerprint density at radius 2 is 2.27 bits per heavy atom. The Balaban J connectivity index is 1.77. The third-order valence-electron chi connectivity index (χ3n) is 3.94. The first-order chi connectivity index (χ1) is 10.6. The van der Waals surface area contributed by atoms with Gasteiger partial charge in [0, 0.05) is 31.8 Å². The van der Waals surface area contributed by atoms with Crippen LogP contribution in [0, 0.1) is 6.92 Å². The fourth-order valence-electron chi connectivity index (χ4n) is 2.83. The Morgan fingerprint density at radius 3 is 2.95 bits per heavy atom. The molecule has 2 aromatic rings. The van der Waals surface area contributed by atoms with Gasteiger partial charge in [-0.05, 0) is 12.8 Å². The second-order valence-corrected chi connectivity index (χ2v) is 5.98. The lowest BCUT2D eigenvalue weighted by molar-refractivity contribution is 0.0695. The molecule has 3 heterocycles. The first-order valence-corrected chi connectivity index (χ1v) is 7.59. The SMILES string of the molecule is Cc1nc([C@H]2CCCN(C(=O)c3ncoc3C(C)C)C2)no1. The zero-order valence-corrected chi connectivity index (χ0v) is 13.1. The minimum absolute atomic E-state index is 0.0811. The van der Waals surface area contributed by atoms with Crippen LogP contribution >= 0.6 is 0 Å². The van der Waals surface area contributed by atoms with Crippen molar-refractivity contribution in [2.45, 2.75) is 45.4 Å². The Labute approximate surface area is 128 Å². The van der Waals surface area contributed by atoms with Gasteiger partial charge < -0.3 is 13.8 Å². The van der Waals surface area contributed by atoms with E-state index in [1.54, 1.807) is 6.92 Å². The Kier molecular flexibility index (Phi) is 3.96. The van der Waals surface area contributed by atoms with Gasteiger partial charge in [0.2, 0.25) is 5.89 Å². The molecule has 7 heteroatoms. The number of amides is 1. The lowest BCUT2D eigenvalue weighted by Crippen LogP contribution is -2.40. The number of aryl methyl sites for hydroxylation is 1. The van der Waals surface area contributed by atoms with Crippen LogP contribution in [-0.2, 0) is 0 Å². The average Bonchev–Trinajstić information content (AvgIpc) is 3.15. The van der Waals surface area contributed by atoms with E-state index in [9.17, 15) is 4.79 Å². The quantitative estimate of drug-likeness (QED) is 0.866. The molecule has 1 aliphatic rings. The van der Waals surface area contributed by atoms with Crippen molar-refractivity contribution in [2.75, 3.05) is 13.1 Å². The standard InChI is InChI=1S/C15H20N4O3/c1-9(2)13-12(16-8-21-13)15(20)19-6-4-5-11(7-19)14-17-10(3)22-18-14/h8-9,11H,4-7H2,1-3H3/t11-/m0/s1. The van der Waals surface area contributed by atoms with Crippen molar-refractivity contribution in [3.05, 3.63) is 29.6 Å². The molecule has 1 fully saturated rings. The van der Waals surface area contributed by atoms with Crippen molar-refractivity contribution in [1.82, 2.24) is 20.0 Å². The third kappa shape index (κ3) is 2.75. The largest absolute Gasteiger partial charge is 0.447 e. The number of carbonyl (C=O) groups is 1. The molecule has 0 radical (unpaired) electrons. The summed E-state index contributed by atoms with van der Waals surface area (Å²) in [4.78, 5) is 22.9. The number of oxazole rings is 1. The molecule has 0 unspecified atom stereocenters. The van der Waals surface area contributed by atoms with Gasteiger partial charge in [0.1, 0.15) is 5.76 Å². The summed E-state index contributed by atoms with van der Waals surface area (Å²) in [5.74, 6) is 2.03. The zero-order chi connectivity index (χ0) is 15.7. The summed E-state index contributed by atoms with van der Waals surface area (Å²) in [6.45, 7) is 7.04. The number of nitrogens with zero attached hydrogens (tertiary/aromatic N) is 4. The van der Waals surface area contributed by atoms with Gasteiger partial charge in [0.15, 0.2) is 17.9 Å². The van der Waals surface area contributed by atoms with Gasteiger partial charge in [0.05, 0.1) is 0 Å². The van der Waals surface area contributed by atoms with E-state index < -0.39 is 0 Å². The number of rotatable bonds is 3. The predicted molar refractivity (Wildman–Crippen MR) is 77.5 cm³/mol. The molecule has 1 saturated heterocycles. The summed E-state index contributed by atoms with van der Waals surface area (Å²) < 4.78 is 10.4. The molecule has 0 saturated carbocycles. The maximum Gasteiger partial charge on any atom is 0.276 e. The van der Waals surface area contributed by atoms with E-state index in [2.05, 4.69) is 15.1 Å². The van der Waals surface area contributed by atoms with Crippen molar-refractivity contribution in [1.29, 1.82) is 0 Å². The zero-order valence-electron chi connectivity index (χ0n) is 13.1. The monoisotopic (exact) mass is 304 g/mol. The van der Waals surface area contributed by atoms with Gasteiger partial charge in [0.25, 0.3) is 5.91 Å². The first kappa shape index (κ1) is 14.7. The van der Waals surface area contributed by atoms with Gasteiger partial charge in [-0.1, -0.05) is 19.0 Å². The number of hydrogen-bond donors (Lipinski definition) is 0. The van der Waals surface area contributed by atoms with E-state index >= 15 is 0 Å². The molecule has 7 nitrogen and oxygen atoms in total. The van der Waals surface area contributed by atoms with Gasteiger partial charge in [-0.25, -0.2) is 4.98 Å². The summed E-state index contributed by atoms with van der Waals surface area (Å²) in [6.07, 6.45) is 3.21. The minimum Gasteiger partial charge on any atom is -0.447 e. The molecule has 118 valence electrons. The summed E-state index contributed by atoms with van der Waals surface area (Å²) in [5.41, 5.74) is 0.417. The topological polar surface area (TPSA) is 85.3 Å². The van der Waals surface area contributed by atoms with E-state index in [1.165, 1.54) is 6.39 Å². The highest BCUT2D eigenvalue weighted by Gasteiger charge is 2.31. The van der Waals surface area contributed by atoms with Crippen molar-refractivity contribution in [2.24, 2.45) is 0 Å². The van der Waals surface area contributed by atoms with Crippen LogP contribution in [0.15, 0.2) is 15.3 Å². The number of likely N-dealkylation sites (tertiary alicyclic amines) is 1. The molecule has 0 bridgehead atoms. The van der Waals surface area contributed by atoms with Gasteiger partial charge in [-0.2, -0.15) is 4.98 Å². The lowest BCUT2D eigenvalue weighted by Gasteiger charge is -2.31. The molecule has 1 amide bonds. The van der Waals surface area contributed by atoms with Gasteiger partial charge >= 0.3 is 0 Å². The van der Waals surface area contributed by atoms with E-state index in [0.29, 0.717) is 29.7 Å². The molecular weight excluding hydrogens is 284 g/mol. The van der Waals surface area contributed by atoms with E-state index in [-0.39, 0.29) is 17.7 Å². The van der Waals surface area contributed by atoms with Crippen LogP contribution in [0.1, 0.15) is 66.5 Å². The Morgan fingerprint density at radius 1 is 1.45 bits per heavy atom. The molecule has 3 rings (SSSR count). The highest BCUT2D eigenvalue weighted by Crippen LogP contribution is 2.27. The second kappa shape index (κ2) is 5.90. The van der Waals surface area contributed by atoms with Crippen molar-refractivity contribution < 1.29 is 13.7 Å². The molecule has 1 aliphatic heterocycles. The molecule has 0 aliphatic carbocycles. The molecule has 22 heavy (non-hydrogen) atoms. The molecule has 2 aromatic heterocycles. The average molecular weight is 304 g/mol. The number of carbonyl (C=O) groups excluding carboxylic acids is 1. The van der Waals surface area contributed by atoms with Crippen molar-refractivity contribution >= 4 is 5.91 Å². The fraction of sp³-hybridized carbons (Fsp3) is 0.600. The summed E-state index contributed by atoms with van der Waals surface area (Å²) in [7, 11) is 0. The summed E-state index contributed by atoms with van der Waals surface area (Å²) in [6, 6.07) is 0. The fourth-order valence-corrected chi connectivity index (χ4v) is 2.83. The molecule has 0 spiro atoms. The Bertz CT molecular complexity index is 661. The van der Waals surface area contributed by atoms with E-state index in [1.807, 2.05) is 18.7 Å². The van der Waals surface area contributed by atoms with Crippen LogP contribution in [0.5, 0.6) is 0 Å². The van der Waals surface area contributed by atoms with E-state index in [0.717, 1.165) is 19.4 Å². The molecular formula is C15H20N4O3. The van der Waals surface area contributed by atoms with Gasteiger partial charge in [-0.15, -0.1) is 0 Å². The van der Waals surface area contributed by atoms with Crippen LogP contribution in [0.25, 0.3) is 0 Å². The van der Waals surface area contributed by atoms with Crippen LogP contribution in [0.2, 0.25) is 0 Å². The minimum atomic E-state index is -0.0811. The van der Waals surface area contributed by atoms with Crippen molar-refractivity contribution in [3.63, 3.8) is 0 Å². The second-order valence-electron chi connectivity index (χ2n) is 5.98. The van der Waals surface area contributed by atoms with Gasteiger partial charge in [-0.3, -0.25) is 4.79 Å². The smallest absolute Gasteiger partial charge is 0.276 e. The van der Waals surface area contributed by atoms with Crippen LogP contribution < -0.4 is 0 Å². The molecule has 0 N–H and O–H groups in total. The number of hydrogen-bond acceptors (Lipinski definition) is 6. The molecule has 0 aromatic carbocycles. The van der Waals surface area contributed by atoms with Crippen molar-refractivity contribution in [3.8, 4) is 0 Å². The number of aromatic nitrogens is 3. The third-order valence-corrected chi connectivity index (χ3v) is 3.94. The van der Waals surface area contributed by atoms with E-state index in [4.69, 9.17) is 8.94 Å². The molecule has 1 atom stereocenters. The first-order valence-electron chi connectivity index (χ1n) is 7.59. The van der Waals surface area contributed by atoms with Crippen LogP contribution in [0.4, 0.5) is 0 Å². The highest BCUT2D eigenvalue weighted by molar-refractivity contribution is 5.93. The lowest BCUT2D eigenvalue weighted by atomic mass is 9.97. The van der Waals surface area contributed by atoms with Crippen LogP contribution in [0.3, 0.4) is 0 Å². The highest BCUT2D eigenvalue weighted by atomic mass is 16.5. The van der Waals surface area contributed by atoms with Crippen LogP contribution in [-0.4, -0.2) is 39.0 Å². The summed E-state index contributed by atoms with van der Waals surface area (Å²) in [5, 5.41) is 3.98. The Hall–Kier alpha value is -2.18. The summed E-state index contributed by atoms with van der Waals surface area (Å²) >= 11 is 0. The maximum absolute atomic E-state index is 12.7.